The number of carbonyl (C=O) groups is 1. The molecule has 126 valence electrons. The lowest BCUT2D eigenvalue weighted by molar-refractivity contribution is 0.102. The van der Waals surface area contributed by atoms with E-state index in [1.165, 1.54) is 30.5 Å². The molecule has 3 rings (SSSR count). The van der Waals surface area contributed by atoms with Crippen molar-refractivity contribution < 1.29 is 9.18 Å². The van der Waals surface area contributed by atoms with Gasteiger partial charge in [0.2, 0.25) is 5.95 Å². The molecule has 0 radical (unpaired) electrons. The fourth-order valence-corrected chi connectivity index (χ4v) is 2.33. The Morgan fingerprint density at radius 2 is 1.96 bits per heavy atom. The molecular weight excluding hydrogens is 343 g/mol. The predicted molar refractivity (Wildman–Crippen MR) is 95.9 cm³/mol. The van der Waals surface area contributed by atoms with Crippen LogP contribution in [0.5, 0.6) is 0 Å². The van der Waals surface area contributed by atoms with Crippen molar-refractivity contribution in [3.63, 3.8) is 0 Å². The second-order valence-corrected chi connectivity index (χ2v) is 5.70. The number of halogens is 2. The van der Waals surface area contributed by atoms with E-state index in [4.69, 9.17) is 11.6 Å². The number of hydrogen-bond acceptors (Lipinski definition) is 4. The van der Waals surface area contributed by atoms with E-state index < -0.39 is 11.7 Å². The first kappa shape index (κ1) is 16.9. The van der Waals surface area contributed by atoms with Crippen LogP contribution in [-0.2, 0) is 0 Å². The topological polar surface area (TPSA) is 66.9 Å². The Morgan fingerprint density at radius 3 is 2.72 bits per heavy atom. The number of amides is 1. The van der Waals surface area contributed by atoms with Crippen LogP contribution in [0.25, 0.3) is 0 Å². The minimum Gasteiger partial charge on any atom is -0.324 e. The van der Waals surface area contributed by atoms with E-state index in [0.717, 1.165) is 11.3 Å². The van der Waals surface area contributed by atoms with Gasteiger partial charge in [-0.1, -0.05) is 29.8 Å². The molecule has 0 aliphatic carbocycles. The van der Waals surface area contributed by atoms with Gasteiger partial charge in [0.15, 0.2) is 0 Å². The second kappa shape index (κ2) is 7.27. The van der Waals surface area contributed by atoms with Gasteiger partial charge in [0, 0.05) is 17.6 Å². The average Bonchev–Trinajstić information content (AvgIpc) is 2.60. The minimum atomic E-state index is -0.550. The predicted octanol–water partition coefficient (Wildman–Crippen LogP) is 4.57. The molecule has 7 heteroatoms. The standard InChI is InChI=1S/C18H14ClFN4O/c1-11-4-2-3-5-15(11)23-18-21-9-8-16(24-18)17(25)22-12-6-7-14(20)13(19)10-12/h2-10H,1H3,(H,22,25)(H,21,23,24). The summed E-state index contributed by atoms with van der Waals surface area (Å²) >= 11 is 5.71. The zero-order chi connectivity index (χ0) is 17.8. The van der Waals surface area contributed by atoms with E-state index in [0.29, 0.717) is 11.6 Å². The number of aryl methyl sites for hydroxylation is 1. The van der Waals surface area contributed by atoms with Gasteiger partial charge in [-0.05, 0) is 42.8 Å². The molecule has 3 aromatic rings. The van der Waals surface area contributed by atoms with Crippen molar-refractivity contribution in [2.45, 2.75) is 6.92 Å². The molecule has 0 aliphatic rings. The largest absolute Gasteiger partial charge is 0.324 e. The number of nitrogens with zero attached hydrogens (tertiary/aromatic N) is 2. The molecule has 2 aromatic carbocycles. The van der Waals surface area contributed by atoms with Crippen molar-refractivity contribution in [3.05, 3.63) is 76.8 Å². The molecule has 1 heterocycles. The number of hydrogen-bond donors (Lipinski definition) is 2. The number of para-hydroxylation sites is 1. The van der Waals surface area contributed by atoms with Crippen molar-refractivity contribution in [3.8, 4) is 0 Å². The molecule has 0 spiro atoms. The first-order valence-electron chi connectivity index (χ1n) is 7.45. The number of benzene rings is 2. The van der Waals surface area contributed by atoms with Crippen LogP contribution in [0.2, 0.25) is 5.02 Å². The lowest BCUT2D eigenvalue weighted by Gasteiger charge is -2.09. The fourth-order valence-electron chi connectivity index (χ4n) is 2.15. The van der Waals surface area contributed by atoms with Crippen LogP contribution in [0, 0.1) is 12.7 Å². The molecule has 0 aliphatic heterocycles. The van der Waals surface area contributed by atoms with Crippen molar-refractivity contribution >= 4 is 34.8 Å². The van der Waals surface area contributed by atoms with Crippen LogP contribution >= 0.6 is 11.6 Å². The Bertz CT molecular complexity index is 932. The first-order valence-corrected chi connectivity index (χ1v) is 7.83. The molecule has 0 fully saturated rings. The first-order chi connectivity index (χ1) is 12.0. The number of carbonyl (C=O) groups excluding carboxylic acids is 1. The lowest BCUT2D eigenvalue weighted by atomic mass is 10.2. The van der Waals surface area contributed by atoms with Crippen LogP contribution < -0.4 is 10.6 Å². The van der Waals surface area contributed by atoms with Gasteiger partial charge in [0.1, 0.15) is 11.5 Å². The molecule has 0 saturated carbocycles. The van der Waals surface area contributed by atoms with E-state index >= 15 is 0 Å². The summed E-state index contributed by atoms with van der Waals surface area (Å²) < 4.78 is 13.2. The zero-order valence-corrected chi connectivity index (χ0v) is 14.0. The Morgan fingerprint density at radius 1 is 1.16 bits per heavy atom. The quantitative estimate of drug-likeness (QED) is 0.718. The van der Waals surface area contributed by atoms with Crippen LogP contribution in [0.15, 0.2) is 54.7 Å². The van der Waals surface area contributed by atoms with Crippen LogP contribution in [0.3, 0.4) is 0 Å². The van der Waals surface area contributed by atoms with Crippen LogP contribution in [0.1, 0.15) is 16.1 Å². The summed E-state index contributed by atoms with van der Waals surface area (Å²) in [6.45, 7) is 1.96. The Labute approximate surface area is 148 Å². The van der Waals surface area contributed by atoms with Crippen molar-refractivity contribution in [2.75, 3.05) is 10.6 Å². The van der Waals surface area contributed by atoms with Crippen molar-refractivity contribution in [2.24, 2.45) is 0 Å². The number of rotatable bonds is 4. The molecule has 1 aromatic heterocycles. The monoisotopic (exact) mass is 356 g/mol. The highest BCUT2D eigenvalue weighted by Gasteiger charge is 2.11. The number of nitrogens with one attached hydrogen (secondary N) is 2. The molecule has 0 saturated heterocycles. The highest BCUT2D eigenvalue weighted by atomic mass is 35.5. The van der Waals surface area contributed by atoms with E-state index in [2.05, 4.69) is 20.6 Å². The molecule has 25 heavy (non-hydrogen) atoms. The SMILES string of the molecule is Cc1ccccc1Nc1nccc(C(=O)Nc2ccc(F)c(Cl)c2)n1. The molecular formula is C18H14ClFN4O. The lowest BCUT2D eigenvalue weighted by Crippen LogP contribution is -2.15. The second-order valence-electron chi connectivity index (χ2n) is 5.29. The van der Waals surface area contributed by atoms with Gasteiger partial charge in [0.25, 0.3) is 5.91 Å². The maximum Gasteiger partial charge on any atom is 0.274 e. The van der Waals surface area contributed by atoms with Crippen molar-refractivity contribution in [1.29, 1.82) is 0 Å². The zero-order valence-electron chi connectivity index (χ0n) is 13.3. The van der Waals surface area contributed by atoms with Gasteiger partial charge >= 0.3 is 0 Å². The Balaban J connectivity index is 1.77. The molecule has 0 unspecified atom stereocenters. The van der Waals surface area contributed by atoms with Gasteiger partial charge in [-0.15, -0.1) is 0 Å². The summed E-state index contributed by atoms with van der Waals surface area (Å²) in [6.07, 6.45) is 1.49. The summed E-state index contributed by atoms with van der Waals surface area (Å²) in [4.78, 5) is 20.6. The number of anilines is 3. The summed E-state index contributed by atoms with van der Waals surface area (Å²) in [7, 11) is 0. The Hall–Kier alpha value is -2.99. The minimum absolute atomic E-state index is 0.0672. The fraction of sp³-hybridized carbons (Fsp3) is 0.0556. The maximum absolute atomic E-state index is 13.2. The third kappa shape index (κ3) is 4.10. The van der Waals surface area contributed by atoms with Gasteiger partial charge in [-0.3, -0.25) is 4.79 Å². The van der Waals surface area contributed by atoms with Gasteiger partial charge in [0.05, 0.1) is 5.02 Å². The third-order valence-electron chi connectivity index (χ3n) is 3.46. The molecule has 0 atom stereocenters. The summed E-state index contributed by atoms with van der Waals surface area (Å²) in [6, 6.07) is 13.1. The normalized spacial score (nSPS) is 10.4. The van der Waals surface area contributed by atoms with E-state index in [-0.39, 0.29) is 10.7 Å². The van der Waals surface area contributed by atoms with E-state index in [9.17, 15) is 9.18 Å². The Kier molecular flexibility index (Phi) is 4.90. The molecule has 2 N–H and O–H groups in total. The van der Waals surface area contributed by atoms with E-state index in [1.807, 2.05) is 31.2 Å². The summed E-state index contributed by atoms with van der Waals surface area (Å²) in [5.41, 5.74) is 2.43. The maximum atomic E-state index is 13.2. The van der Waals surface area contributed by atoms with Crippen LogP contribution in [0.4, 0.5) is 21.7 Å². The molecule has 1 amide bonds. The van der Waals surface area contributed by atoms with Gasteiger partial charge < -0.3 is 10.6 Å². The highest BCUT2D eigenvalue weighted by molar-refractivity contribution is 6.31. The smallest absolute Gasteiger partial charge is 0.274 e. The average molecular weight is 357 g/mol. The third-order valence-corrected chi connectivity index (χ3v) is 3.75. The number of aromatic nitrogens is 2. The van der Waals surface area contributed by atoms with Crippen molar-refractivity contribution in [1.82, 2.24) is 9.97 Å². The molecule has 5 nitrogen and oxygen atoms in total. The highest BCUT2D eigenvalue weighted by Crippen LogP contribution is 2.20. The van der Waals surface area contributed by atoms with E-state index in [1.54, 1.807) is 0 Å². The molecule has 0 bridgehead atoms. The summed E-state index contributed by atoms with van der Waals surface area (Å²) in [5.74, 6) is -0.691. The summed E-state index contributed by atoms with van der Waals surface area (Å²) in [5, 5.41) is 5.63. The van der Waals surface area contributed by atoms with Gasteiger partial charge in [-0.2, -0.15) is 0 Å². The van der Waals surface area contributed by atoms with Crippen LogP contribution in [-0.4, -0.2) is 15.9 Å². The van der Waals surface area contributed by atoms with Gasteiger partial charge in [-0.25, -0.2) is 14.4 Å².